The van der Waals surface area contributed by atoms with Crippen LogP contribution in [0, 0.1) is 13.8 Å². The predicted molar refractivity (Wildman–Crippen MR) is 96.3 cm³/mol. The van der Waals surface area contributed by atoms with Crippen LogP contribution in [0.2, 0.25) is 0 Å². The lowest BCUT2D eigenvalue weighted by atomic mass is 10.1. The van der Waals surface area contributed by atoms with Crippen LogP contribution in [0.1, 0.15) is 40.2 Å². The number of ether oxygens (including phenoxy) is 1. The summed E-state index contributed by atoms with van der Waals surface area (Å²) in [5.74, 6) is -0.0501. The van der Waals surface area contributed by atoms with Crippen LogP contribution in [0.15, 0.2) is 28.7 Å². The molecule has 5 nitrogen and oxygen atoms in total. The van der Waals surface area contributed by atoms with Crippen molar-refractivity contribution in [2.75, 3.05) is 13.2 Å². The van der Waals surface area contributed by atoms with Crippen LogP contribution in [0.3, 0.4) is 0 Å². The summed E-state index contributed by atoms with van der Waals surface area (Å²) in [6, 6.07) is 7.68. The number of nitrogens with one attached hydrogen (secondary N) is 1. The van der Waals surface area contributed by atoms with Crippen molar-refractivity contribution in [2.24, 2.45) is 0 Å². The van der Waals surface area contributed by atoms with Gasteiger partial charge in [-0.05, 0) is 60.3 Å². The fraction of sp³-hybridized carbons (Fsp3) is 0.444. The summed E-state index contributed by atoms with van der Waals surface area (Å²) in [5.41, 5.74) is 3.87. The van der Waals surface area contributed by atoms with Gasteiger partial charge >= 0.3 is 0 Å². The molecule has 1 aromatic carbocycles. The number of aromatic nitrogens is 2. The van der Waals surface area contributed by atoms with Gasteiger partial charge < -0.3 is 10.1 Å². The molecule has 6 heteroatoms. The number of rotatable bonds is 5. The van der Waals surface area contributed by atoms with Gasteiger partial charge in [-0.15, -0.1) is 0 Å². The molecule has 0 saturated carbocycles. The van der Waals surface area contributed by atoms with Gasteiger partial charge in [0.2, 0.25) is 0 Å². The molecular formula is C18H22BrN3O2. The molecule has 1 fully saturated rings. The van der Waals surface area contributed by atoms with E-state index in [1.807, 2.05) is 42.8 Å². The van der Waals surface area contributed by atoms with Gasteiger partial charge in [0.15, 0.2) is 0 Å². The Hall–Kier alpha value is -1.66. The summed E-state index contributed by atoms with van der Waals surface area (Å²) in [4.78, 5) is 12.2. The Labute approximate surface area is 150 Å². The summed E-state index contributed by atoms with van der Waals surface area (Å²) in [6.45, 7) is 6.10. The van der Waals surface area contributed by atoms with E-state index in [1.165, 1.54) is 0 Å². The predicted octanol–water partition coefficient (Wildman–Crippen LogP) is 3.22. The molecule has 1 aliphatic heterocycles. The highest BCUT2D eigenvalue weighted by Crippen LogP contribution is 2.20. The molecular weight excluding hydrogens is 370 g/mol. The Balaban J connectivity index is 1.60. The maximum Gasteiger partial charge on any atom is 0.251 e. The normalized spacial score (nSPS) is 17.2. The van der Waals surface area contributed by atoms with Gasteiger partial charge in [-0.3, -0.25) is 9.48 Å². The first-order valence-corrected chi connectivity index (χ1v) is 9.02. The molecule has 1 N–H and O–H groups in total. The van der Waals surface area contributed by atoms with E-state index in [0.717, 1.165) is 40.9 Å². The molecule has 0 radical (unpaired) electrons. The Bertz CT molecular complexity index is 719. The average molecular weight is 392 g/mol. The van der Waals surface area contributed by atoms with Crippen molar-refractivity contribution >= 4 is 21.8 Å². The van der Waals surface area contributed by atoms with Crippen LogP contribution in [-0.2, 0) is 11.3 Å². The Morgan fingerprint density at radius 3 is 2.71 bits per heavy atom. The molecule has 0 aliphatic carbocycles. The summed E-state index contributed by atoms with van der Waals surface area (Å²) < 4.78 is 8.53. The van der Waals surface area contributed by atoms with Crippen molar-refractivity contribution in [2.45, 2.75) is 39.3 Å². The van der Waals surface area contributed by atoms with Crippen molar-refractivity contribution in [3.8, 4) is 0 Å². The van der Waals surface area contributed by atoms with Gasteiger partial charge in [0.1, 0.15) is 0 Å². The average Bonchev–Trinajstić information content (AvgIpc) is 3.19. The van der Waals surface area contributed by atoms with Crippen LogP contribution in [-0.4, -0.2) is 34.9 Å². The van der Waals surface area contributed by atoms with Gasteiger partial charge in [0.05, 0.1) is 28.5 Å². The van der Waals surface area contributed by atoms with Crippen LogP contribution in [0.5, 0.6) is 0 Å². The molecule has 24 heavy (non-hydrogen) atoms. The third-order valence-electron chi connectivity index (χ3n) is 4.36. The fourth-order valence-electron chi connectivity index (χ4n) is 2.88. The van der Waals surface area contributed by atoms with E-state index in [1.54, 1.807) is 0 Å². The largest absolute Gasteiger partial charge is 0.376 e. The topological polar surface area (TPSA) is 56.2 Å². The molecule has 3 rings (SSSR count). The first-order valence-electron chi connectivity index (χ1n) is 8.23. The van der Waals surface area contributed by atoms with Crippen molar-refractivity contribution in [3.63, 3.8) is 0 Å². The Kier molecular flexibility index (Phi) is 5.36. The molecule has 1 saturated heterocycles. The third-order valence-corrected chi connectivity index (χ3v) is 5.50. The van der Waals surface area contributed by atoms with Crippen LogP contribution < -0.4 is 5.32 Å². The van der Waals surface area contributed by atoms with Crippen molar-refractivity contribution in [3.05, 3.63) is 51.3 Å². The molecule has 0 unspecified atom stereocenters. The smallest absolute Gasteiger partial charge is 0.251 e. The van der Waals surface area contributed by atoms with Crippen LogP contribution in [0.25, 0.3) is 0 Å². The Morgan fingerprint density at radius 1 is 1.38 bits per heavy atom. The van der Waals surface area contributed by atoms with Crippen LogP contribution in [0.4, 0.5) is 0 Å². The van der Waals surface area contributed by atoms with Crippen molar-refractivity contribution < 1.29 is 9.53 Å². The van der Waals surface area contributed by atoms with Crippen LogP contribution >= 0.6 is 15.9 Å². The van der Waals surface area contributed by atoms with Gasteiger partial charge in [0, 0.05) is 18.7 Å². The fourth-order valence-corrected chi connectivity index (χ4v) is 3.16. The van der Waals surface area contributed by atoms with E-state index in [0.29, 0.717) is 18.7 Å². The molecule has 1 amide bonds. The molecule has 2 aromatic rings. The van der Waals surface area contributed by atoms with Gasteiger partial charge in [-0.25, -0.2) is 0 Å². The number of amides is 1. The number of halogens is 1. The number of nitrogens with zero attached hydrogens (tertiary/aromatic N) is 2. The first kappa shape index (κ1) is 17.2. The summed E-state index contributed by atoms with van der Waals surface area (Å²) >= 11 is 3.54. The highest BCUT2D eigenvalue weighted by Gasteiger charge is 2.16. The maximum absolute atomic E-state index is 12.2. The van der Waals surface area contributed by atoms with Gasteiger partial charge in [-0.1, -0.05) is 12.1 Å². The second-order valence-electron chi connectivity index (χ2n) is 6.18. The maximum atomic E-state index is 12.2. The molecule has 128 valence electrons. The SMILES string of the molecule is Cc1nn(Cc2ccc(C(=O)NC[C@@H]3CCCO3)cc2)c(C)c1Br. The van der Waals surface area contributed by atoms with E-state index in [4.69, 9.17) is 4.74 Å². The molecule has 2 heterocycles. The molecule has 0 bridgehead atoms. The minimum absolute atomic E-state index is 0.0501. The lowest BCUT2D eigenvalue weighted by Crippen LogP contribution is -2.31. The number of hydrogen-bond acceptors (Lipinski definition) is 3. The van der Waals surface area contributed by atoms with Gasteiger partial charge in [-0.2, -0.15) is 5.10 Å². The zero-order chi connectivity index (χ0) is 17.1. The van der Waals surface area contributed by atoms with E-state index >= 15 is 0 Å². The number of carbonyl (C=O) groups excluding carboxylic acids is 1. The minimum atomic E-state index is -0.0501. The first-order chi connectivity index (χ1) is 11.5. The quantitative estimate of drug-likeness (QED) is 0.850. The zero-order valence-electron chi connectivity index (χ0n) is 14.0. The number of hydrogen-bond donors (Lipinski definition) is 1. The van der Waals surface area contributed by atoms with E-state index in [-0.39, 0.29) is 12.0 Å². The number of benzene rings is 1. The highest BCUT2D eigenvalue weighted by atomic mass is 79.9. The van der Waals surface area contributed by atoms with E-state index < -0.39 is 0 Å². The van der Waals surface area contributed by atoms with Crippen molar-refractivity contribution in [1.82, 2.24) is 15.1 Å². The standard InChI is InChI=1S/C18H22BrN3O2/c1-12-17(19)13(2)22(21-12)11-14-5-7-15(8-6-14)18(23)20-10-16-4-3-9-24-16/h5-8,16H,3-4,9-11H2,1-2H3,(H,20,23)/t16-/m0/s1. The molecule has 1 aromatic heterocycles. The molecule has 1 atom stereocenters. The molecule has 1 aliphatic rings. The summed E-state index contributed by atoms with van der Waals surface area (Å²) in [6.07, 6.45) is 2.27. The highest BCUT2D eigenvalue weighted by molar-refractivity contribution is 9.10. The van der Waals surface area contributed by atoms with Crippen molar-refractivity contribution in [1.29, 1.82) is 0 Å². The second-order valence-corrected chi connectivity index (χ2v) is 6.98. The molecule has 0 spiro atoms. The minimum Gasteiger partial charge on any atom is -0.376 e. The monoisotopic (exact) mass is 391 g/mol. The third kappa shape index (κ3) is 3.87. The number of carbonyl (C=O) groups is 1. The zero-order valence-corrected chi connectivity index (χ0v) is 15.6. The van der Waals surface area contributed by atoms with E-state index in [9.17, 15) is 4.79 Å². The second kappa shape index (κ2) is 7.49. The number of aryl methyl sites for hydroxylation is 1. The van der Waals surface area contributed by atoms with E-state index in [2.05, 4.69) is 26.3 Å². The lowest BCUT2D eigenvalue weighted by molar-refractivity contribution is 0.0858. The lowest BCUT2D eigenvalue weighted by Gasteiger charge is -2.11. The Morgan fingerprint density at radius 2 is 2.12 bits per heavy atom. The van der Waals surface area contributed by atoms with Gasteiger partial charge in [0.25, 0.3) is 5.91 Å². The summed E-state index contributed by atoms with van der Waals surface area (Å²) in [7, 11) is 0. The summed E-state index contributed by atoms with van der Waals surface area (Å²) in [5, 5.41) is 7.45.